The van der Waals surface area contributed by atoms with E-state index in [4.69, 9.17) is 5.73 Å². The quantitative estimate of drug-likeness (QED) is 0.793. The van der Waals surface area contributed by atoms with Crippen molar-refractivity contribution >= 4 is 11.0 Å². The summed E-state index contributed by atoms with van der Waals surface area (Å²) < 4.78 is 2.11. The first-order valence-corrected chi connectivity index (χ1v) is 5.14. The number of aromatic hydroxyl groups is 1. The van der Waals surface area contributed by atoms with Crippen molar-refractivity contribution in [3.05, 3.63) is 24.0 Å². The van der Waals surface area contributed by atoms with Crippen molar-refractivity contribution < 1.29 is 5.11 Å². The lowest BCUT2D eigenvalue weighted by atomic mass is 10.3. The number of rotatable bonds is 3. The minimum absolute atomic E-state index is 0.252. The number of fused-ring (bicyclic) bond motifs is 1. The lowest BCUT2D eigenvalue weighted by Crippen LogP contribution is -2.12. The molecule has 1 aromatic heterocycles. The van der Waals surface area contributed by atoms with Crippen molar-refractivity contribution in [3.63, 3.8) is 0 Å². The first-order chi connectivity index (χ1) is 7.26. The van der Waals surface area contributed by atoms with Gasteiger partial charge in [0, 0.05) is 25.6 Å². The smallest absolute Gasteiger partial charge is 0.117 e. The highest BCUT2D eigenvalue weighted by atomic mass is 16.3. The zero-order valence-electron chi connectivity index (χ0n) is 8.77. The number of phenolic OH excluding ortho intramolecular Hbond substituents is 1. The second-order valence-electron chi connectivity index (χ2n) is 3.49. The molecule has 2 aromatic rings. The highest BCUT2D eigenvalue weighted by Gasteiger charge is 2.08. The van der Waals surface area contributed by atoms with Gasteiger partial charge in [-0.1, -0.05) is 6.92 Å². The lowest BCUT2D eigenvalue weighted by Gasteiger charge is -2.05. The fourth-order valence-corrected chi connectivity index (χ4v) is 1.82. The largest absolute Gasteiger partial charge is 0.508 e. The van der Waals surface area contributed by atoms with E-state index in [0.29, 0.717) is 6.54 Å². The molecular formula is C11H15N3O. The number of hydrogen-bond donors (Lipinski definition) is 2. The molecule has 0 saturated carbocycles. The fraction of sp³-hybridized carbons (Fsp3) is 0.364. The third kappa shape index (κ3) is 1.68. The molecule has 0 amide bonds. The fourth-order valence-electron chi connectivity index (χ4n) is 1.82. The van der Waals surface area contributed by atoms with Crippen LogP contribution < -0.4 is 5.73 Å². The van der Waals surface area contributed by atoms with E-state index < -0.39 is 0 Å². The van der Waals surface area contributed by atoms with Crippen molar-refractivity contribution in [3.8, 4) is 5.75 Å². The molecule has 0 aliphatic heterocycles. The zero-order valence-corrected chi connectivity index (χ0v) is 8.77. The Morgan fingerprint density at radius 2 is 2.27 bits per heavy atom. The summed E-state index contributed by atoms with van der Waals surface area (Å²) in [6.07, 6.45) is 0.870. The van der Waals surface area contributed by atoms with Crippen LogP contribution in [-0.2, 0) is 13.0 Å². The molecule has 0 spiro atoms. The molecule has 2 rings (SSSR count). The molecule has 80 valence electrons. The summed E-state index contributed by atoms with van der Waals surface area (Å²) in [5, 5.41) is 9.36. The molecule has 4 nitrogen and oxygen atoms in total. The number of phenols is 1. The molecule has 0 fully saturated rings. The number of hydrogen-bond acceptors (Lipinski definition) is 3. The molecule has 4 heteroatoms. The molecule has 15 heavy (non-hydrogen) atoms. The molecule has 0 atom stereocenters. The van der Waals surface area contributed by atoms with E-state index in [1.54, 1.807) is 12.1 Å². The van der Waals surface area contributed by atoms with Crippen LogP contribution in [0.4, 0.5) is 0 Å². The van der Waals surface area contributed by atoms with Gasteiger partial charge in [-0.2, -0.15) is 0 Å². The summed E-state index contributed by atoms with van der Waals surface area (Å²) >= 11 is 0. The van der Waals surface area contributed by atoms with Crippen molar-refractivity contribution in [1.82, 2.24) is 9.55 Å². The molecule has 1 heterocycles. The van der Waals surface area contributed by atoms with E-state index in [1.807, 2.05) is 6.07 Å². The van der Waals surface area contributed by atoms with E-state index in [1.165, 1.54) is 0 Å². The first-order valence-electron chi connectivity index (χ1n) is 5.14. The first kappa shape index (κ1) is 9.98. The van der Waals surface area contributed by atoms with Crippen LogP contribution >= 0.6 is 0 Å². The number of aromatic nitrogens is 2. The minimum Gasteiger partial charge on any atom is -0.508 e. The van der Waals surface area contributed by atoms with Gasteiger partial charge in [0.15, 0.2) is 0 Å². The Morgan fingerprint density at radius 3 is 2.93 bits per heavy atom. The van der Waals surface area contributed by atoms with Crippen molar-refractivity contribution in [1.29, 1.82) is 0 Å². The van der Waals surface area contributed by atoms with E-state index in [9.17, 15) is 5.11 Å². The van der Waals surface area contributed by atoms with Crippen LogP contribution in [0.3, 0.4) is 0 Å². The Kier molecular flexibility index (Phi) is 2.60. The van der Waals surface area contributed by atoms with Gasteiger partial charge in [0.25, 0.3) is 0 Å². The van der Waals surface area contributed by atoms with Crippen molar-refractivity contribution in [2.45, 2.75) is 19.9 Å². The van der Waals surface area contributed by atoms with Crippen LogP contribution in [-0.4, -0.2) is 21.2 Å². The summed E-state index contributed by atoms with van der Waals surface area (Å²) in [4.78, 5) is 4.46. The number of nitrogens with two attached hydrogens (primary N) is 1. The van der Waals surface area contributed by atoms with Gasteiger partial charge >= 0.3 is 0 Å². The Balaban J connectivity index is 2.63. The van der Waals surface area contributed by atoms with Crippen LogP contribution in [0.15, 0.2) is 18.2 Å². The molecule has 0 saturated heterocycles. The molecule has 0 bridgehead atoms. The Labute approximate surface area is 88.3 Å². The van der Waals surface area contributed by atoms with E-state index >= 15 is 0 Å². The lowest BCUT2D eigenvalue weighted by molar-refractivity contribution is 0.476. The average Bonchev–Trinajstić information content (AvgIpc) is 2.56. The van der Waals surface area contributed by atoms with Gasteiger partial charge in [0.05, 0.1) is 11.0 Å². The minimum atomic E-state index is 0.252. The SMILES string of the molecule is CCc1nc2cc(O)ccc2n1CCN. The van der Waals surface area contributed by atoms with E-state index in [0.717, 1.165) is 29.8 Å². The second-order valence-corrected chi connectivity index (χ2v) is 3.49. The summed E-state index contributed by atoms with van der Waals surface area (Å²) in [6, 6.07) is 5.24. The molecular weight excluding hydrogens is 190 g/mol. The molecule has 1 aromatic carbocycles. The normalized spacial score (nSPS) is 11.1. The maximum atomic E-state index is 9.36. The maximum Gasteiger partial charge on any atom is 0.117 e. The highest BCUT2D eigenvalue weighted by Crippen LogP contribution is 2.21. The molecule has 3 N–H and O–H groups in total. The summed E-state index contributed by atoms with van der Waals surface area (Å²) in [5.41, 5.74) is 7.44. The van der Waals surface area contributed by atoms with Crippen LogP contribution in [0.1, 0.15) is 12.7 Å². The molecule has 0 aliphatic rings. The van der Waals surface area contributed by atoms with Gasteiger partial charge in [-0.05, 0) is 12.1 Å². The second kappa shape index (κ2) is 3.90. The highest BCUT2D eigenvalue weighted by molar-refractivity contribution is 5.77. The third-order valence-electron chi connectivity index (χ3n) is 2.48. The number of benzene rings is 1. The average molecular weight is 205 g/mol. The van der Waals surface area contributed by atoms with Gasteiger partial charge in [-0.15, -0.1) is 0 Å². The Bertz CT molecular complexity index is 476. The van der Waals surface area contributed by atoms with Gasteiger partial charge in [0.2, 0.25) is 0 Å². The van der Waals surface area contributed by atoms with Crippen LogP contribution in [0, 0.1) is 0 Å². The maximum absolute atomic E-state index is 9.36. The standard InChI is InChI=1S/C11H15N3O/c1-2-11-13-9-7-8(15)3-4-10(9)14(11)6-5-12/h3-4,7,15H,2,5-6,12H2,1H3. The summed E-state index contributed by atoms with van der Waals surface area (Å²) in [6.45, 7) is 3.43. The summed E-state index contributed by atoms with van der Waals surface area (Å²) in [7, 11) is 0. The third-order valence-corrected chi connectivity index (χ3v) is 2.48. The molecule has 0 unspecified atom stereocenters. The van der Waals surface area contributed by atoms with Crippen molar-refractivity contribution in [2.75, 3.05) is 6.54 Å². The predicted molar refractivity (Wildman–Crippen MR) is 59.8 cm³/mol. The van der Waals surface area contributed by atoms with Gasteiger partial charge in [-0.25, -0.2) is 4.98 Å². The van der Waals surface area contributed by atoms with E-state index in [2.05, 4.69) is 16.5 Å². The van der Waals surface area contributed by atoms with E-state index in [-0.39, 0.29) is 5.75 Å². The van der Waals surface area contributed by atoms with Crippen LogP contribution in [0.25, 0.3) is 11.0 Å². The van der Waals surface area contributed by atoms with Gasteiger partial charge in [-0.3, -0.25) is 0 Å². The van der Waals surface area contributed by atoms with Crippen molar-refractivity contribution in [2.24, 2.45) is 5.73 Å². The molecule has 0 aliphatic carbocycles. The topological polar surface area (TPSA) is 64.1 Å². The predicted octanol–water partition coefficient (Wildman–Crippen LogP) is 1.26. The number of nitrogens with zero attached hydrogens (tertiary/aromatic N) is 2. The van der Waals surface area contributed by atoms with Gasteiger partial charge in [0.1, 0.15) is 11.6 Å². The Morgan fingerprint density at radius 1 is 1.47 bits per heavy atom. The zero-order chi connectivity index (χ0) is 10.8. The number of aryl methyl sites for hydroxylation is 1. The molecule has 0 radical (unpaired) electrons. The summed E-state index contributed by atoms with van der Waals surface area (Å²) in [5.74, 6) is 1.27. The number of imidazole rings is 1. The van der Waals surface area contributed by atoms with Crippen LogP contribution in [0.5, 0.6) is 5.75 Å². The van der Waals surface area contributed by atoms with Gasteiger partial charge < -0.3 is 15.4 Å². The Hall–Kier alpha value is -1.55. The monoisotopic (exact) mass is 205 g/mol. The van der Waals surface area contributed by atoms with Crippen LogP contribution in [0.2, 0.25) is 0 Å².